The Bertz CT molecular complexity index is 568. The molecule has 0 aliphatic carbocycles. The minimum Gasteiger partial charge on any atom is -0.497 e. The van der Waals surface area contributed by atoms with Gasteiger partial charge in [0.2, 0.25) is 0 Å². The van der Waals surface area contributed by atoms with Crippen LogP contribution in [-0.2, 0) is 4.74 Å². The highest BCUT2D eigenvalue weighted by atomic mass is 16.6. The second kappa shape index (κ2) is 5.48. The molecule has 0 spiro atoms. The summed E-state index contributed by atoms with van der Waals surface area (Å²) < 4.78 is 20.3. The van der Waals surface area contributed by atoms with Crippen molar-refractivity contribution in [2.45, 2.75) is 0 Å². The number of carbonyl (C=O) groups excluding carboxylic acids is 1. The van der Waals surface area contributed by atoms with Crippen molar-refractivity contribution in [2.75, 3.05) is 21.3 Å². The van der Waals surface area contributed by atoms with Gasteiger partial charge in [0.15, 0.2) is 0 Å². The Balaban J connectivity index is 2.39. The lowest BCUT2D eigenvalue weighted by Crippen LogP contribution is -2.01. The number of esters is 1. The summed E-state index contributed by atoms with van der Waals surface area (Å²) in [7, 11) is 4.34. The maximum atomic E-state index is 11.6. The first kappa shape index (κ1) is 13.0. The van der Waals surface area contributed by atoms with Crippen LogP contribution in [0.25, 0.3) is 11.3 Å². The molecule has 0 bridgehead atoms. The average molecular weight is 262 g/mol. The Morgan fingerprint density at radius 3 is 2.26 bits per heavy atom. The van der Waals surface area contributed by atoms with E-state index in [4.69, 9.17) is 13.9 Å². The minimum absolute atomic E-state index is 0.137. The zero-order valence-electron chi connectivity index (χ0n) is 10.9. The summed E-state index contributed by atoms with van der Waals surface area (Å²) in [6, 6.07) is 8.87. The smallest absolute Gasteiger partial charge is 0.345 e. The van der Waals surface area contributed by atoms with Gasteiger partial charge in [-0.2, -0.15) is 0 Å². The van der Waals surface area contributed by atoms with E-state index in [1.807, 2.05) is 24.3 Å². The Morgan fingerprint density at radius 2 is 1.74 bits per heavy atom. The SMILES string of the molecule is COC(=O)c1cc(-c2ccc(OC)cc2)oc1OC. The zero-order valence-corrected chi connectivity index (χ0v) is 10.9. The fraction of sp³-hybridized carbons (Fsp3) is 0.214. The van der Waals surface area contributed by atoms with Gasteiger partial charge in [0.05, 0.1) is 21.3 Å². The Hall–Kier alpha value is -2.43. The maximum Gasteiger partial charge on any atom is 0.345 e. The third-order valence-corrected chi connectivity index (χ3v) is 2.66. The fourth-order valence-electron chi connectivity index (χ4n) is 1.68. The Labute approximate surface area is 110 Å². The summed E-state index contributed by atoms with van der Waals surface area (Å²) in [5.41, 5.74) is 1.07. The fourth-order valence-corrected chi connectivity index (χ4v) is 1.68. The summed E-state index contributed by atoms with van der Waals surface area (Å²) in [5.74, 6) is 0.911. The van der Waals surface area contributed by atoms with E-state index < -0.39 is 5.97 Å². The first-order chi connectivity index (χ1) is 9.19. The molecule has 0 amide bonds. The van der Waals surface area contributed by atoms with Crippen molar-refractivity contribution in [1.29, 1.82) is 0 Å². The molecular weight excluding hydrogens is 248 g/mol. The third kappa shape index (κ3) is 2.54. The van der Waals surface area contributed by atoms with E-state index >= 15 is 0 Å². The van der Waals surface area contributed by atoms with Crippen LogP contribution in [0.1, 0.15) is 10.4 Å². The molecule has 2 rings (SSSR count). The van der Waals surface area contributed by atoms with Crippen LogP contribution < -0.4 is 9.47 Å². The van der Waals surface area contributed by atoms with Crippen molar-refractivity contribution >= 4 is 5.97 Å². The Kier molecular flexibility index (Phi) is 3.75. The van der Waals surface area contributed by atoms with Crippen LogP contribution in [0.4, 0.5) is 0 Å². The molecule has 2 aromatic rings. The van der Waals surface area contributed by atoms with Gasteiger partial charge in [-0.25, -0.2) is 4.79 Å². The number of hydrogen-bond acceptors (Lipinski definition) is 5. The molecule has 5 heteroatoms. The molecule has 1 aromatic carbocycles. The molecule has 1 aromatic heterocycles. The van der Waals surface area contributed by atoms with Crippen LogP contribution in [0, 0.1) is 0 Å². The van der Waals surface area contributed by atoms with Gasteiger partial charge in [0.25, 0.3) is 5.95 Å². The molecule has 0 radical (unpaired) electrons. The van der Waals surface area contributed by atoms with Gasteiger partial charge in [-0.3, -0.25) is 0 Å². The summed E-state index contributed by atoms with van der Waals surface area (Å²) in [6.45, 7) is 0. The van der Waals surface area contributed by atoms with Gasteiger partial charge < -0.3 is 18.6 Å². The van der Waals surface area contributed by atoms with Gasteiger partial charge >= 0.3 is 5.97 Å². The van der Waals surface area contributed by atoms with E-state index in [-0.39, 0.29) is 11.5 Å². The summed E-state index contributed by atoms with van der Waals surface area (Å²) >= 11 is 0. The normalized spacial score (nSPS) is 10.1. The molecule has 19 heavy (non-hydrogen) atoms. The molecule has 100 valence electrons. The number of methoxy groups -OCH3 is 3. The van der Waals surface area contributed by atoms with Crippen LogP contribution in [0.5, 0.6) is 11.7 Å². The highest BCUT2D eigenvalue weighted by Gasteiger charge is 2.20. The molecule has 0 N–H and O–H groups in total. The van der Waals surface area contributed by atoms with Gasteiger partial charge in [0, 0.05) is 11.6 Å². The van der Waals surface area contributed by atoms with Gasteiger partial charge in [0.1, 0.15) is 17.1 Å². The van der Waals surface area contributed by atoms with Crippen LogP contribution >= 0.6 is 0 Å². The highest BCUT2D eigenvalue weighted by Crippen LogP contribution is 2.31. The number of ether oxygens (including phenoxy) is 3. The number of hydrogen-bond donors (Lipinski definition) is 0. The standard InChI is InChI=1S/C14H14O5/c1-16-10-6-4-9(5-7-10)12-8-11(13(15)17-2)14(18-3)19-12/h4-8H,1-3H3. The summed E-state index contributed by atoms with van der Waals surface area (Å²) in [5, 5.41) is 0. The van der Waals surface area contributed by atoms with E-state index in [2.05, 4.69) is 4.74 Å². The van der Waals surface area contributed by atoms with Crippen molar-refractivity contribution in [2.24, 2.45) is 0 Å². The Morgan fingerprint density at radius 1 is 1.05 bits per heavy atom. The maximum absolute atomic E-state index is 11.6. The summed E-state index contributed by atoms with van der Waals surface area (Å²) in [4.78, 5) is 11.6. The van der Waals surface area contributed by atoms with E-state index in [0.29, 0.717) is 5.76 Å². The lowest BCUT2D eigenvalue weighted by Gasteiger charge is -2.00. The first-order valence-electron chi connectivity index (χ1n) is 5.60. The molecule has 1 heterocycles. The molecule has 0 aliphatic heterocycles. The second-order valence-electron chi connectivity index (χ2n) is 3.74. The van der Waals surface area contributed by atoms with E-state index in [1.165, 1.54) is 14.2 Å². The molecule has 5 nitrogen and oxygen atoms in total. The van der Waals surface area contributed by atoms with Crippen LogP contribution in [0.2, 0.25) is 0 Å². The zero-order chi connectivity index (χ0) is 13.8. The molecular formula is C14H14O5. The molecule has 0 fully saturated rings. The third-order valence-electron chi connectivity index (χ3n) is 2.66. The van der Waals surface area contributed by atoms with Gasteiger partial charge in [-0.05, 0) is 24.3 Å². The van der Waals surface area contributed by atoms with Crippen molar-refractivity contribution in [1.82, 2.24) is 0 Å². The van der Waals surface area contributed by atoms with Gasteiger partial charge in [-0.15, -0.1) is 0 Å². The number of carbonyl (C=O) groups is 1. The lowest BCUT2D eigenvalue weighted by atomic mass is 10.1. The summed E-state index contributed by atoms with van der Waals surface area (Å²) in [6.07, 6.45) is 0. The van der Waals surface area contributed by atoms with Crippen molar-refractivity contribution in [3.63, 3.8) is 0 Å². The first-order valence-corrected chi connectivity index (χ1v) is 5.60. The predicted molar refractivity (Wildman–Crippen MR) is 68.6 cm³/mol. The number of benzene rings is 1. The molecule has 0 saturated heterocycles. The van der Waals surface area contributed by atoms with Crippen molar-refractivity contribution in [3.05, 3.63) is 35.9 Å². The van der Waals surface area contributed by atoms with E-state index in [0.717, 1.165) is 11.3 Å². The average Bonchev–Trinajstić information content (AvgIpc) is 2.90. The second-order valence-corrected chi connectivity index (χ2v) is 3.74. The number of rotatable bonds is 4. The minimum atomic E-state index is -0.500. The number of furan rings is 1. The van der Waals surface area contributed by atoms with E-state index in [9.17, 15) is 4.79 Å². The molecule has 0 aliphatic rings. The van der Waals surface area contributed by atoms with Crippen LogP contribution in [0.15, 0.2) is 34.7 Å². The van der Waals surface area contributed by atoms with Gasteiger partial charge in [-0.1, -0.05) is 0 Å². The van der Waals surface area contributed by atoms with Crippen molar-refractivity contribution in [3.8, 4) is 23.0 Å². The van der Waals surface area contributed by atoms with Crippen LogP contribution in [0.3, 0.4) is 0 Å². The molecule has 0 saturated carbocycles. The van der Waals surface area contributed by atoms with Crippen molar-refractivity contribution < 1.29 is 23.4 Å². The lowest BCUT2D eigenvalue weighted by molar-refractivity contribution is 0.0594. The quantitative estimate of drug-likeness (QED) is 0.793. The van der Waals surface area contributed by atoms with E-state index in [1.54, 1.807) is 13.2 Å². The molecule has 0 atom stereocenters. The predicted octanol–water partition coefficient (Wildman–Crippen LogP) is 2.75. The molecule has 0 unspecified atom stereocenters. The monoisotopic (exact) mass is 262 g/mol. The highest BCUT2D eigenvalue weighted by molar-refractivity contribution is 5.93. The largest absolute Gasteiger partial charge is 0.497 e. The topological polar surface area (TPSA) is 57.9 Å². The van der Waals surface area contributed by atoms with Crippen LogP contribution in [-0.4, -0.2) is 27.3 Å².